The highest BCUT2D eigenvalue weighted by molar-refractivity contribution is 6.22. The first kappa shape index (κ1) is 12.2. The van der Waals surface area contributed by atoms with Gasteiger partial charge in [-0.25, -0.2) is 13.6 Å². The Hall–Kier alpha value is -2.31. The maximum Gasteiger partial charge on any atom is 0.326 e. The number of carbonyl (C=O) groups is 3. The number of nitrogens with zero attached hydrogens (tertiary/aromatic N) is 1. The van der Waals surface area contributed by atoms with E-state index in [1.807, 2.05) is 0 Å². The maximum atomic E-state index is 13.0. The molecule has 1 aromatic rings. The van der Waals surface area contributed by atoms with Crippen molar-refractivity contribution in [2.75, 3.05) is 0 Å². The molecule has 1 atom stereocenters. The molecule has 0 saturated carbocycles. The van der Waals surface area contributed by atoms with Crippen LogP contribution in [0.4, 0.5) is 8.78 Å². The molecule has 1 N–H and O–H groups in total. The molecule has 0 radical (unpaired) electrons. The third kappa shape index (κ3) is 1.55. The minimum absolute atomic E-state index is 0.327. The average Bonchev–Trinajstić information content (AvgIpc) is 2.52. The Morgan fingerprint density at radius 3 is 1.89 bits per heavy atom. The molecular formula is C11H7F2NO4. The molecular weight excluding hydrogens is 248 g/mol. The number of hydrogen-bond donors (Lipinski definition) is 1. The van der Waals surface area contributed by atoms with Gasteiger partial charge in [0.25, 0.3) is 11.8 Å². The fraction of sp³-hybridized carbons (Fsp3) is 0.182. The summed E-state index contributed by atoms with van der Waals surface area (Å²) >= 11 is 0. The summed E-state index contributed by atoms with van der Waals surface area (Å²) in [5.74, 6) is -5.79. The van der Waals surface area contributed by atoms with Gasteiger partial charge in [-0.15, -0.1) is 0 Å². The molecule has 0 fully saturated rings. The lowest BCUT2D eigenvalue weighted by Crippen LogP contribution is -2.42. The zero-order chi connectivity index (χ0) is 13.6. The molecule has 0 bridgehead atoms. The number of fused-ring (bicyclic) bond motifs is 1. The lowest BCUT2D eigenvalue weighted by atomic mass is 10.1. The monoisotopic (exact) mass is 255 g/mol. The van der Waals surface area contributed by atoms with Crippen molar-refractivity contribution < 1.29 is 28.3 Å². The predicted molar refractivity (Wildman–Crippen MR) is 54.0 cm³/mol. The van der Waals surface area contributed by atoms with Gasteiger partial charge in [-0.3, -0.25) is 14.5 Å². The highest BCUT2D eigenvalue weighted by Crippen LogP contribution is 2.26. The normalized spacial score (nSPS) is 15.8. The van der Waals surface area contributed by atoms with E-state index >= 15 is 0 Å². The molecule has 0 spiro atoms. The van der Waals surface area contributed by atoms with Crippen LogP contribution in [0.25, 0.3) is 0 Å². The predicted octanol–water partition coefficient (Wildman–Crippen LogP) is 1.03. The minimum Gasteiger partial charge on any atom is -0.480 e. The molecule has 7 heteroatoms. The molecule has 18 heavy (non-hydrogen) atoms. The molecule has 0 saturated heterocycles. The zero-order valence-electron chi connectivity index (χ0n) is 9.11. The van der Waals surface area contributed by atoms with Crippen LogP contribution in [-0.4, -0.2) is 33.8 Å². The summed E-state index contributed by atoms with van der Waals surface area (Å²) in [5, 5.41) is 8.77. The number of carboxylic acid groups (broad SMARTS) is 1. The lowest BCUT2D eigenvalue weighted by Gasteiger charge is -2.17. The van der Waals surface area contributed by atoms with Crippen molar-refractivity contribution in [3.8, 4) is 0 Å². The van der Waals surface area contributed by atoms with Crippen LogP contribution in [0.15, 0.2) is 12.1 Å². The van der Waals surface area contributed by atoms with Crippen molar-refractivity contribution in [1.29, 1.82) is 0 Å². The van der Waals surface area contributed by atoms with Crippen molar-refractivity contribution in [1.82, 2.24) is 4.90 Å². The van der Waals surface area contributed by atoms with Crippen molar-refractivity contribution in [2.24, 2.45) is 0 Å². The second-order valence-corrected chi connectivity index (χ2v) is 3.81. The van der Waals surface area contributed by atoms with Crippen molar-refractivity contribution >= 4 is 17.8 Å². The summed E-state index contributed by atoms with van der Waals surface area (Å²) in [4.78, 5) is 34.8. The molecule has 1 aliphatic heterocycles. The molecule has 0 aliphatic carbocycles. The van der Waals surface area contributed by atoms with Crippen molar-refractivity contribution in [3.63, 3.8) is 0 Å². The van der Waals surface area contributed by atoms with Gasteiger partial charge in [-0.1, -0.05) is 0 Å². The van der Waals surface area contributed by atoms with Crippen molar-refractivity contribution in [3.05, 3.63) is 34.9 Å². The van der Waals surface area contributed by atoms with Crippen LogP contribution in [0.3, 0.4) is 0 Å². The van der Waals surface area contributed by atoms with E-state index < -0.39 is 35.5 Å². The van der Waals surface area contributed by atoms with Crippen molar-refractivity contribution in [2.45, 2.75) is 13.0 Å². The third-order valence-electron chi connectivity index (χ3n) is 2.70. The summed E-state index contributed by atoms with van der Waals surface area (Å²) in [6.45, 7) is 1.14. The van der Waals surface area contributed by atoms with Gasteiger partial charge in [-0.05, 0) is 19.1 Å². The first-order chi connectivity index (χ1) is 8.34. The van der Waals surface area contributed by atoms with Gasteiger partial charge in [0.1, 0.15) is 6.04 Å². The minimum atomic E-state index is -1.40. The summed E-state index contributed by atoms with van der Waals surface area (Å²) in [6, 6.07) is -0.206. The largest absolute Gasteiger partial charge is 0.480 e. The Bertz CT molecular complexity index is 544. The van der Waals surface area contributed by atoms with Gasteiger partial charge in [0.15, 0.2) is 11.6 Å². The number of imide groups is 1. The first-order valence-electron chi connectivity index (χ1n) is 4.94. The second kappa shape index (κ2) is 3.86. The number of hydrogen-bond acceptors (Lipinski definition) is 3. The summed E-state index contributed by atoms with van der Waals surface area (Å²) < 4.78 is 26.0. The van der Waals surface area contributed by atoms with Crippen LogP contribution in [0.5, 0.6) is 0 Å². The Morgan fingerprint density at radius 1 is 1.17 bits per heavy atom. The van der Waals surface area contributed by atoms with Crippen LogP contribution in [0.1, 0.15) is 27.6 Å². The summed E-state index contributed by atoms with van der Waals surface area (Å²) in [7, 11) is 0. The van der Waals surface area contributed by atoms with E-state index in [-0.39, 0.29) is 11.1 Å². The number of benzene rings is 1. The number of halogens is 2. The summed E-state index contributed by atoms with van der Waals surface area (Å²) in [5.41, 5.74) is -0.654. The molecule has 94 valence electrons. The van der Waals surface area contributed by atoms with Crippen LogP contribution in [0.2, 0.25) is 0 Å². The number of rotatable bonds is 2. The number of amides is 2. The number of carboxylic acids is 1. The number of carbonyl (C=O) groups excluding carboxylic acids is 2. The fourth-order valence-corrected chi connectivity index (χ4v) is 1.71. The van der Waals surface area contributed by atoms with Gasteiger partial charge in [0.05, 0.1) is 11.1 Å². The Labute approximate surface area is 99.6 Å². The maximum absolute atomic E-state index is 13.0. The van der Waals surface area contributed by atoms with E-state index in [2.05, 4.69) is 0 Å². The molecule has 1 aliphatic rings. The Kier molecular flexibility index (Phi) is 2.61. The van der Waals surface area contributed by atoms with E-state index in [1.165, 1.54) is 0 Å². The average molecular weight is 255 g/mol. The SMILES string of the molecule is CC(C(=O)O)N1C(=O)c2cc(F)c(F)cc2C1=O. The van der Waals surface area contributed by atoms with Crippen LogP contribution in [0, 0.1) is 11.6 Å². The highest BCUT2D eigenvalue weighted by Gasteiger charge is 2.41. The van der Waals surface area contributed by atoms with E-state index in [4.69, 9.17) is 5.11 Å². The molecule has 1 aromatic carbocycles. The molecule has 2 rings (SSSR count). The van der Waals surface area contributed by atoms with E-state index in [9.17, 15) is 23.2 Å². The first-order valence-corrected chi connectivity index (χ1v) is 4.94. The van der Waals surface area contributed by atoms with E-state index in [0.29, 0.717) is 17.0 Å². The second-order valence-electron chi connectivity index (χ2n) is 3.81. The Balaban J connectivity index is 2.54. The van der Waals surface area contributed by atoms with Gasteiger partial charge >= 0.3 is 5.97 Å². The van der Waals surface area contributed by atoms with Gasteiger partial charge < -0.3 is 5.11 Å². The molecule has 2 amide bonds. The highest BCUT2D eigenvalue weighted by atomic mass is 19.2. The fourth-order valence-electron chi connectivity index (χ4n) is 1.71. The lowest BCUT2D eigenvalue weighted by molar-refractivity contribution is -0.140. The number of aliphatic carboxylic acids is 1. The van der Waals surface area contributed by atoms with Crippen LogP contribution >= 0.6 is 0 Å². The standard InChI is InChI=1S/C11H7F2NO4/c1-4(11(17)18)14-9(15)5-2-7(12)8(13)3-6(5)10(14)16/h2-4H,1H3,(H,17,18). The molecule has 1 heterocycles. The summed E-state index contributed by atoms with van der Waals surface area (Å²) in [6.07, 6.45) is 0. The molecule has 5 nitrogen and oxygen atoms in total. The van der Waals surface area contributed by atoms with Crippen LogP contribution in [-0.2, 0) is 4.79 Å². The van der Waals surface area contributed by atoms with Gasteiger partial charge in [-0.2, -0.15) is 0 Å². The van der Waals surface area contributed by atoms with E-state index in [0.717, 1.165) is 6.92 Å². The van der Waals surface area contributed by atoms with Gasteiger partial charge in [0.2, 0.25) is 0 Å². The zero-order valence-corrected chi connectivity index (χ0v) is 9.11. The van der Waals surface area contributed by atoms with Crippen LogP contribution < -0.4 is 0 Å². The molecule has 1 unspecified atom stereocenters. The van der Waals surface area contributed by atoms with E-state index in [1.54, 1.807) is 0 Å². The topological polar surface area (TPSA) is 74.7 Å². The quantitative estimate of drug-likeness (QED) is 0.801. The Morgan fingerprint density at radius 2 is 1.56 bits per heavy atom. The molecule has 0 aromatic heterocycles. The van der Waals surface area contributed by atoms with Gasteiger partial charge in [0, 0.05) is 0 Å². The smallest absolute Gasteiger partial charge is 0.326 e. The third-order valence-corrected chi connectivity index (χ3v) is 2.70.